The Balaban J connectivity index is 1.26. The average Bonchev–Trinajstić information content (AvgIpc) is 3.54. The van der Waals surface area contributed by atoms with Crippen LogP contribution in [0.25, 0.3) is 21.8 Å². The van der Waals surface area contributed by atoms with Gasteiger partial charge in [0.1, 0.15) is 0 Å². The van der Waals surface area contributed by atoms with Gasteiger partial charge in [-0.1, -0.05) is 11.3 Å². The first-order valence-corrected chi connectivity index (χ1v) is 14.9. The lowest BCUT2D eigenvalue weighted by molar-refractivity contribution is -0.138. The molecule has 3 aromatic heterocycles. The first-order valence-electron chi connectivity index (χ1n) is 14.1. The Morgan fingerprint density at radius 2 is 1.87 bits per heavy atom. The molecule has 206 valence electrons. The van der Waals surface area contributed by atoms with Crippen LogP contribution in [-0.4, -0.2) is 74.6 Å². The number of anilines is 1. The molecule has 6 rings (SSSR count). The second kappa shape index (κ2) is 10.8. The first kappa shape index (κ1) is 26.1. The van der Waals surface area contributed by atoms with Gasteiger partial charge in [0.2, 0.25) is 11.8 Å². The van der Waals surface area contributed by atoms with Crippen molar-refractivity contribution in [1.29, 1.82) is 0 Å². The van der Waals surface area contributed by atoms with Crippen molar-refractivity contribution in [2.24, 2.45) is 5.92 Å². The number of rotatable bonds is 5. The molecule has 2 fully saturated rings. The highest BCUT2D eigenvalue weighted by Crippen LogP contribution is 2.46. The summed E-state index contributed by atoms with van der Waals surface area (Å²) in [7, 11) is 4.16. The number of aryl methyl sites for hydroxylation is 1. The number of likely N-dealkylation sites (tertiary alicyclic amines) is 1. The lowest BCUT2D eigenvalue weighted by Crippen LogP contribution is -2.46. The van der Waals surface area contributed by atoms with E-state index in [0.717, 1.165) is 92.0 Å². The number of hydrogen-bond acceptors (Lipinski definition) is 7. The van der Waals surface area contributed by atoms with Crippen LogP contribution in [0, 0.1) is 5.92 Å². The van der Waals surface area contributed by atoms with Crippen LogP contribution in [0.1, 0.15) is 62.7 Å². The molecule has 4 heterocycles. The summed E-state index contributed by atoms with van der Waals surface area (Å²) in [6.07, 6.45) is 11.1. The zero-order valence-corrected chi connectivity index (χ0v) is 23.8. The summed E-state index contributed by atoms with van der Waals surface area (Å²) >= 11 is 1.53. The van der Waals surface area contributed by atoms with Crippen molar-refractivity contribution in [3.63, 3.8) is 0 Å². The maximum atomic E-state index is 13.4. The molecule has 0 unspecified atom stereocenters. The van der Waals surface area contributed by atoms with Crippen molar-refractivity contribution in [1.82, 2.24) is 29.5 Å². The van der Waals surface area contributed by atoms with Gasteiger partial charge in [-0.3, -0.25) is 19.3 Å². The molecule has 1 saturated heterocycles. The molecule has 0 radical (unpaired) electrons. The summed E-state index contributed by atoms with van der Waals surface area (Å²) in [4.78, 5) is 39.7. The number of pyridine rings is 1. The maximum absolute atomic E-state index is 13.4. The predicted molar refractivity (Wildman–Crippen MR) is 153 cm³/mol. The summed E-state index contributed by atoms with van der Waals surface area (Å²) in [6.45, 7) is 3.63. The fourth-order valence-electron chi connectivity index (χ4n) is 6.52. The van der Waals surface area contributed by atoms with Gasteiger partial charge in [0.25, 0.3) is 0 Å². The third-order valence-corrected chi connectivity index (χ3v) is 9.75. The number of carbonyl (C=O) groups excluding carboxylic acids is 2. The normalized spacial score (nSPS) is 21.7. The monoisotopic (exact) mass is 547 g/mol. The second-order valence-electron chi connectivity index (χ2n) is 11.3. The number of amides is 2. The van der Waals surface area contributed by atoms with Gasteiger partial charge in [0, 0.05) is 49.5 Å². The first-order chi connectivity index (χ1) is 18.9. The van der Waals surface area contributed by atoms with Gasteiger partial charge < -0.3 is 15.1 Å². The smallest absolute Gasteiger partial charge is 0.225 e. The maximum Gasteiger partial charge on any atom is 0.225 e. The van der Waals surface area contributed by atoms with E-state index in [-0.39, 0.29) is 17.9 Å². The van der Waals surface area contributed by atoms with E-state index in [2.05, 4.69) is 33.0 Å². The number of nitrogens with one attached hydrogen (secondary N) is 1. The van der Waals surface area contributed by atoms with E-state index in [4.69, 9.17) is 10.1 Å². The SMILES string of the molecule is CC(=O)Nc1nc2c(s1)-c1c(c(-c3cccnc3)nn1C1CCC(C(=O)N(C)C3CCN(C)CC3)CC1)CC2. The van der Waals surface area contributed by atoms with Crippen molar-refractivity contribution in [2.75, 3.05) is 32.5 Å². The van der Waals surface area contributed by atoms with Crippen LogP contribution < -0.4 is 5.32 Å². The van der Waals surface area contributed by atoms with Crippen molar-refractivity contribution in [3.8, 4) is 21.8 Å². The number of thiazole rings is 1. The van der Waals surface area contributed by atoms with E-state index in [9.17, 15) is 9.59 Å². The predicted octanol–water partition coefficient (Wildman–Crippen LogP) is 4.41. The van der Waals surface area contributed by atoms with Gasteiger partial charge in [-0.05, 0) is 83.6 Å². The van der Waals surface area contributed by atoms with Gasteiger partial charge in [-0.2, -0.15) is 5.10 Å². The molecule has 3 aliphatic rings. The molecule has 0 bridgehead atoms. The minimum Gasteiger partial charge on any atom is -0.342 e. The molecule has 0 atom stereocenters. The van der Waals surface area contributed by atoms with Crippen LogP contribution in [0.15, 0.2) is 24.5 Å². The number of fused-ring (bicyclic) bond motifs is 3. The lowest BCUT2D eigenvalue weighted by Gasteiger charge is -2.38. The van der Waals surface area contributed by atoms with Crippen LogP contribution in [0.2, 0.25) is 0 Å². The molecule has 0 aromatic carbocycles. The van der Waals surface area contributed by atoms with Gasteiger partial charge in [-0.15, -0.1) is 0 Å². The molecule has 2 amide bonds. The molecule has 1 saturated carbocycles. The summed E-state index contributed by atoms with van der Waals surface area (Å²) in [5.41, 5.74) is 5.39. The highest BCUT2D eigenvalue weighted by atomic mass is 32.1. The Bertz CT molecular complexity index is 1350. The molecule has 1 aliphatic heterocycles. The van der Waals surface area contributed by atoms with Crippen LogP contribution in [-0.2, 0) is 22.4 Å². The van der Waals surface area contributed by atoms with Crippen molar-refractivity contribution >= 4 is 28.3 Å². The fraction of sp³-hybridized carbons (Fsp3) is 0.552. The molecular formula is C29H37N7O2S. The highest BCUT2D eigenvalue weighted by molar-refractivity contribution is 7.19. The van der Waals surface area contributed by atoms with Gasteiger partial charge >= 0.3 is 0 Å². The van der Waals surface area contributed by atoms with Gasteiger partial charge in [-0.25, -0.2) is 4.98 Å². The number of aromatic nitrogens is 4. The summed E-state index contributed by atoms with van der Waals surface area (Å²) in [6, 6.07) is 4.60. The van der Waals surface area contributed by atoms with Crippen LogP contribution in [0.5, 0.6) is 0 Å². The zero-order chi connectivity index (χ0) is 27.1. The molecule has 10 heteroatoms. The van der Waals surface area contributed by atoms with Crippen molar-refractivity contribution in [2.45, 2.75) is 70.4 Å². The Kier molecular flexibility index (Phi) is 7.24. The van der Waals surface area contributed by atoms with E-state index in [1.165, 1.54) is 23.8 Å². The van der Waals surface area contributed by atoms with Crippen LogP contribution in [0.3, 0.4) is 0 Å². The highest BCUT2D eigenvalue weighted by Gasteiger charge is 2.36. The molecular weight excluding hydrogens is 510 g/mol. The third kappa shape index (κ3) is 5.12. The van der Waals surface area contributed by atoms with Crippen LogP contribution >= 0.6 is 11.3 Å². The Hall–Kier alpha value is -3.11. The minimum atomic E-state index is -0.112. The molecule has 9 nitrogen and oxygen atoms in total. The standard InChI is InChI=1S/C29H37N7O2S/c1-18(37)31-29-32-24-11-10-23-25(20-5-4-14-30-17-20)33-36(26(23)27(24)39-29)22-8-6-19(7-9-22)28(38)35(3)21-12-15-34(2)16-13-21/h4-5,14,17,19,21-22H,6-13,15-16H2,1-3H3,(H,31,32,37). The quantitative estimate of drug-likeness (QED) is 0.508. The van der Waals surface area contributed by atoms with Crippen molar-refractivity contribution < 1.29 is 9.59 Å². The van der Waals surface area contributed by atoms with E-state index in [1.807, 2.05) is 24.2 Å². The number of nitrogens with zero attached hydrogens (tertiary/aromatic N) is 6. The Morgan fingerprint density at radius 3 is 2.56 bits per heavy atom. The van der Waals surface area contributed by atoms with E-state index >= 15 is 0 Å². The molecule has 0 spiro atoms. The molecule has 2 aliphatic carbocycles. The van der Waals surface area contributed by atoms with Gasteiger partial charge in [0.15, 0.2) is 5.13 Å². The van der Waals surface area contributed by atoms with Crippen molar-refractivity contribution in [3.05, 3.63) is 35.8 Å². The Labute approximate surface area is 233 Å². The van der Waals surface area contributed by atoms with E-state index in [1.54, 1.807) is 6.20 Å². The van der Waals surface area contributed by atoms with E-state index < -0.39 is 0 Å². The lowest BCUT2D eigenvalue weighted by atomic mass is 9.84. The molecule has 1 N–H and O–H groups in total. The van der Waals surface area contributed by atoms with E-state index in [0.29, 0.717) is 17.1 Å². The van der Waals surface area contributed by atoms with Gasteiger partial charge in [0.05, 0.1) is 28.0 Å². The number of carbonyl (C=O) groups is 2. The molecule has 3 aromatic rings. The second-order valence-corrected chi connectivity index (χ2v) is 12.3. The third-order valence-electron chi connectivity index (χ3n) is 8.73. The van der Waals surface area contributed by atoms with Crippen LogP contribution in [0.4, 0.5) is 5.13 Å². The summed E-state index contributed by atoms with van der Waals surface area (Å²) < 4.78 is 2.22. The average molecular weight is 548 g/mol. The fourth-order valence-corrected chi connectivity index (χ4v) is 7.64. The largest absolute Gasteiger partial charge is 0.342 e. The number of piperidine rings is 1. The summed E-state index contributed by atoms with van der Waals surface area (Å²) in [5, 5.41) is 8.72. The number of hydrogen-bond donors (Lipinski definition) is 1. The topological polar surface area (TPSA) is 96.2 Å². The molecule has 39 heavy (non-hydrogen) atoms. The zero-order valence-electron chi connectivity index (χ0n) is 23.0. The summed E-state index contributed by atoms with van der Waals surface area (Å²) in [5.74, 6) is 0.283. The Morgan fingerprint density at radius 1 is 1.10 bits per heavy atom. The minimum absolute atomic E-state index is 0.0837.